The quantitative estimate of drug-likeness (QED) is 0.603. The summed E-state index contributed by atoms with van der Waals surface area (Å²) >= 11 is 6.85. The van der Waals surface area contributed by atoms with E-state index in [1.807, 2.05) is 31.2 Å². The highest BCUT2D eigenvalue weighted by molar-refractivity contribution is 6.32. The number of benzene rings is 1. The lowest BCUT2D eigenvalue weighted by atomic mass is 9.90. The van der Waals surface area contributed by atoms with Crippen molar-refractivity contribution in [3.05, 3.63) is 52.3 Å². The Balaban J connectivity index is 1.85. The molecule has 0 spiro atoms. The van der Waals surface area contributed by atoms with E-state index in [1.165, 1.54) is 0 Å². The van der Waals surface area contributed by atoms with Crippen molar-refractivity contribution >= 4 is 11.6 Å². The molecular weight excluding hydrogens is 432 g/mol. The highest BCUT2D eigenvalue weighted by atomic mass is 35.5. The number of halogens is 1. The van der Waals surface area contributed by atoms with Gasteiger partial charge >= 0.3 is 0 Å². The third kappa shape index (κ3) is 7.22. The van der Waals surface area contributed by atoms with Gasteiger partial charge in [-0.1, -0.05) is 36.7 Å². The van der Waals surface area contributed by atoms with Gasteiger partial charge in [-0.3, -0.25) is 0 Å². The zero-order valence-electron chi connectivity index (χ0n) is 19.0. The van der Waals surface area contributed by atoms with Gasteiger partial charge < -0.3 is 29.2 Å². The number of ether oxygens (including phenoxy) is 4. The molecule has 2 aliphatic rings. The first kappa shape index (κ1) is 25.1. The molecule has 2 N–H and O–H groups in total. The van der Waals surface area contributed by atoms with Gasteiger partial charge in [0.1, 0.15) is 18.1 Å². The van der Waals surface area contributed by atoms with E-state index in [0.717, 1.165) is 23.3 Å². The van der Waals surface area contributed by atoms with Crippen LogP contribution < -0.4 is 4.74 Å². The van der Waals surface area contributed by atoms with Gasteiger partial charge in [-0.2, -0.15) is 0 Å². The number of aliphatic hydroxyl groups is 2. The first-order valence-electron chi connectivity index (χ1n) is 11.5. The summed E-state index contributed by atoms with van der Waals surface area (Å²) in [7, 11) is 0. The largest absolute Gasteiger partial charge is 0.494 e. The maximum atomic E-state index is 10.2. The monoisotopic (exact) mass is 466 g/mol. The Hall–Kier alpha value is -1.57. The minimum absolute atomic E-state index is 0.0160. The second-order valence-corrected chi connectivity index (χ2v) is 8.78. The molecule has 0 amide bonds. The van der Waals surface area contributed by atoms with Crippen molar-refractivity contribution in [1.29, 1.82) is 0 Å². The average molecular weight is 467 g/mol. The summed E-state index contributed by atoms with van der Waals surface area (Å²) in [6.07, 6.45) is 3.49. The van der Waals surface area contributed by atoms with Gasteiger partial charge in [-0.05, 0) is 36.6 Å². The van der Waals surface area contributed by atoms with Crippen molar-refractivity contribution in [1.82, 2.24) is 0 Å². The summed E-state index contributed by atoms with van der Waals surface area (Å²) in [6.45, 7) is 6.11. The summed E-state index contributed by atoms with van der Waals surface area (Å²) in [4.78, 5) is 0. The summed E-state index contributed by atoms with van der Waals surface area (Å²) < 4.78 is 23.1. The molecule has 1 aromatic rings. The lowest BCUT2D eigenvalue weighted by Crippen LogP contribution is -2.40. The summed E-state index contributed by atoms with van der Waals surface area (Å²) in [5.41, 5.74) is 2.02. The number of hydrogen-bond acceptors (Lipinski definition) is 6. The highest BCUT2D eigenvalue weighted by Crippen LogP contribution is 2.31. The maximum absolute atomic E-state index is 10.2. The molecule has 2 saturated heterocycles. The molecule has 2 aliphatic heterocycles. The standard InChI is InChI=1S/C25H35ClO6/c1-3-30-21-7-5-18(6-8-21)12-19(25(26)24-16-29-9-4-10-31-24)11-17(2)23-14-20(28)13-22(15-27)32-23/h5-8,11,17,20,22-23,27-28H,3-4,9-10,12-16H2,1-2H3/b19-11-,25-24-. The van der Waals surface area contributed by atoms with E-state index in [9.17, 15) is 10.2 Å². The molecule has 2 heterocycles. The van der Waals surface area contributed by atoms with Gasteiger partial charge in [0.2, 0.25) is 0 Å². The van der Waals surface area contributed by atoms with Crippen molar-refractivity contribution < 1.29 is 29.2 Å². The molecule has 4 atom stereocenters. The smallest absolute Gasteiger partial charge is 0.140 e. The van der Waals surface area contributed by atoms with Gasteiger partial charge in [0.05, 0.1) is 49.8 Å². The fraction of sp³-hybridized carbons (Fsp3) is 0.600. The van der Waals surface area contributed by atoms with Crippen LogP contribution in [-0.4, -0.2) is 61.6 Å². The van der Waals surface area contributed by atoms with Crippen LogP contribution in [0.15, 0.2) is 46.7 Å². The fourth-order valence-corrected chi connectivity index (χ4v) is 4.31. The molecule has 1 aromatic carbocycles. The lowest BCUT2D eigenvalue weighted by Gasteiger charge is -2.35. The van der Waals surface area contributed by atoms with Crippen LogP contribution in [0, 0.1) is 5.92 Å². The Morgan fingerprint density at radius 2 is 2.03 bits per heavy atom. The molecule has 32 heavy (non-hydrogen) atoms. The highest BCUT2D eigenvalue weighted by Gasteiger charge is 2.31. The average Bonchev–Trinajstić information content (AvgIpc) is 3.08. The van der Waals surface area contributed by atoms with E-state index in [-0.39, 0.29) is 24.7 Å². The SMILES string of the molecule is CCOc1ccc(CC(=C/C(C)C2CC(O)CC(CO)O2)/C(Cl)=C2\COCCCO2)cc1. The van der Waals surface area contributed by atoms with E-state index in [1.54, 1.807) is 0 Å². The molecule has 0 aliphatic carbocycles. The first-order valence-corrected chi connectivity index (χ1v) is 11.8. The molecular formula is C25H35ClO6. The molecule has 6 nitrogen and oxygen atoms in total. The Morgan fingerprint density at radius 1 is 1.25 bits per heavy atom. The van der Waals surface area contributed by atoms with Crippen LogP contribution in [0.1, 0.15) is 38.7 Å². The molecule has 0 saturated carbocycles. The molecule has 178 valence electrons. The normalized spacial score (nSPS) is 27.3. The third-order valence-corrected chi connectivity index (χ3v) is 6.21. The zero-order valence-corrected chi connectivity index (χ0v) is 19.7. The third-order valence-electron chi connectivity index (χ3n) is 5.76. The topological polar surface area (TPSA) is 77.4 Å². The summed E-state index contributed by atoms with van der Waals surface area (Å²) in [5.74, 6) is 1.46. The van der Waals surface area contributed by atoms with Crippen molar-refractivity contribution in [3.8, 4) is 5.75 Å². The van der Waals surface area contributed by atoms with Gasteiger partial charge in [0.15, 0.2) is 0 Å². The van der Waals surface area contributed by atoms with Crippen molar-refractivity contribution in [2.24, 2.45) is 5.92 Å². The Kier molecular flexibility index (Phi) is 9.88. The van der Waals surface area contributed by atoms with Crippen LogP contribution in [0.5, 0.6) is 5.75 Å². The van der Waals surface area contributed by atoms with Crippen LogP contribution in [0.3, 0.4) is 0 Å². The van der Waals surface area contributed by atoms with E-state index in [2.05, 4.69) is 13.0 Å². The molecule has 3 rings (SSSR count). The number of rotatable bonds is 8. The summed E-state index contributed by atoms with van der Waals surface area (Å²) in [6, 6.07) is 7.98. The molecule has 4 unspecified atom stereocenters. The van der Waals surface area contributed by atoms with Gasteiger partial charge in [0, 0.05) is 25.2 Å². The van der Waals surface area contributed by atoms with Gasteiger partial charge in [0.25, 0.3) is 0 Å². The van der Waals surface area contributed by atoms with E-state index >= 15 is 0 Å². The summed E-state index contributed by atoms with van der Waals surface area (Å²) in [5, 5.41) is 20.3. The maximum Gasteiger partial charge on any atom is 0.140 e. The van der Waals surface area contributed by atoms with Gasteiger partial charge in [-0.25, -0.2) is 0 Å². The Bertz CT molecular complexity index is 765. The molecule has 0 radical (unpaired) electrons. The first-order chi connectivity index (χ1) is 15.5. The number of hydrogen-bond donors (Lipinski definition) is 2. The molecule has 2 fully saturated rings. The molecule has 0 bridgehead atoms. The van der Waals surface area contributed by atoms with Crippen LogP contribution in [0.4, 0.5) is 0 Å². The number of allylic oxidation sites excluding steroid dienone is 2. The van der Waals surface area contributed by atoms with Crippen molar-refractivity contribution in [3.63, 3.8) is 0 Å². The zero-order chi connectivity index (χ0) is 22.9. The van der Waals surface area contributed by atoms with E-state index in [0.29, 0.717) is 56.5 Å². The van der Waals surface area contributed by atoms with Crippen LogP contribution in [-0.2, 0) is 20.6 Å². The Labute approximate surface area is 195 Å². The van der Waals surface area contributed by atoms with Crippen LogP contribution >= 0.6 is 11.6 Å². The number of aliphatic hydroxyl groups excluding tert-OH is 2. The lowest BCUT2D eigenvalue weighted by molar-refractivity contribution is -0.122. The van der Waals surface area contributed by atoms with Crippen LogP contribution in [0.2, 0.25) is 0 Å². The van der Waals surface area contributed by atoms with Crippen molar-refractivity contribution in [2.75, 3.05) is 33.0 Å². The molecule has 0 aromatic heterocycles. The van der Waals surface area contributed by atoms with Gasteiger partial charge in [-0.15, -0.1) is 0 Å². The van der Waals surface area contributed by atoms with E-state index in [4.69, 9.17) is 30.5 Å². The van der Waals surface area contributed by atoms with E-state index < -0.39 is 6.10 Å². The minimum Gasteiger partial charge on any atom is -0.494 e. The predicted octanol–water partition coefficient (Wildman–Crippen LogP) is 3.98. The Morgan fingerprint density at radius 3 is 2.75 bits per heavy atom. The van der Waals surface area contributed by atoms with Crippen LogP contribution in [0.25, 0.3) is 0 Å². The second kappa shape index (κ2) is 12.6. The minimum atomic E-state index is -0.483. The molecule has 7 heteroatoms. The van der Waals surface area contributed by atoms with Crippen molar-refractivity contribution in [2.45, 2.75) is 57.8 Å². The fourth-order valence-electron chi connectivity index (χ4n) is 4.08. The second-order valence-electron chi connectivity index (χ2n) is 8.40. The predicted molar refractivity (Wildman–Crippen MR) is 124 cm³/mol.